The highest BCUT2D eigenvalue weighted by Gasteiger charge is 2.25. The molecule has 6 rings (SSSR count). The molecule has 11 nitrogen and oxygen atoms in total. The number of urea groups is 1. The van der Waals surface area contributed by atoms with E-state index in [0.717, 1.165) is 46.2 Å². The minimum Gasteiger partial charge on any atom is -0.472 e. The highest BCUT2D eigenvalue weighted by atomic mass is 16.3. The Hall–Kier alpha value is -5.06. The van der Waals surface area contributed by atoms with Crippen LogP contribution in [0.5, 0.6) is 0 Å². The highest BCUT2D eigenvalue weighted by Crippen LogP contribution is 2.36. The Bertz CT molecular complexity index is 1750. The maximum atomic E-state index is 13.4. The fourth-order valence-electron chi connectivity index (χ4n) is 5.80. The second-order valence-corrected chi connectivity index (χ2v) is 10.5. The molecule has 1 fully saturated rings. The Labute approximate surface area is 235 Å². The van der Waals surface area contributed by atoms with E-state index in [1.165, 1.54) is 19.3 Å². The molecule has 4 amide bonds. The molecule has 1 aliphatic rings. The molecule has 0 spiro atoms. The van der Waals surface area contributed by atoms with Gasteiger partial charge in [-0.2, -0.15) is 0 Å². The van der Waals surface area contributed by atoms with Crippen molar-refractivity contribution in [3.05, 3.63) is 72.3 Å². The summed E-state index contributed by atoms with van der Waals surface area (Å²) in [5.74, 6) is -0.273. The lowest BCUT2D eigenvalue weighted by molar-refractivity contribution is -0.119. The quantitative estimate of drug-likeness (QED) is 0.188. The minimum atomic E-state index is -0.966. The number of hydrogen-bond donors (Lipinski definition) is 5. The van der Waals surface area contributed by atoms with E-state index >= 15 is 0 Å². The molecular formula is C30H31N7O4. The summed E-state index contributed by atoms with van der Waals surface area (Å²) in [4.78, 5) is 45.1. The Morgan fingerprint density at radius 3 is 2.63 bits per heavy atom. The third-order valence-corrected chi connectivity index (χ3v) is 7.78. The average molecular weight is 554 g/mol. The van der Waals surface area contributed by atoms with Crippen molar-refractivity contribution in [1.29, 1.82) is 0 Å². The largest absolute Gasteiger partial charge is 0.472 e. The van der Waals surface area contributed by atoms with Crippen LogP contribution in [0.1, 0.15) is 54.1 Å². The molecule has 210 valence electrons. The first-order chi connectivity index (χ1) is 19.9. The van der Waals surface area contributed by atoms with Crippen LogP contribution < -0.4 is 22.1 Å². The number of aromatic amines is 1. The molecule has 0 radical (unpaired) electrons. The molecule has 2 aromatic carbocycles. The van der Waals surface area contributed by atoms with E-state index in [9.17, 15) is 14.4 Å². The third-order valence-electron chi connectivity index (χ3n) is 7.78. The Morgan fingerprint density at radius 1 is 1.07 bits per heavy atom. The number of furan rings is 1. The summed E-state index contributed by atoms with van der Waals surface area (Å²) in [5.41, 5.74) is 15.9. The fraction of sp³-hybridized carbons (Fsp3) is 0.267. The molecule has 0 aliphatic heterocycles. The zero-order chi connectivity index (χ0) is 28.5. The molecule has 3 heterocycles. The van der Waals surface area contributed by atoms with Crippen molar-refractivity contribution in [1.82, 2.24) is 19.9 Å². The number of nitrogens with one attached hydrogen (secondary N) is 3. The lowest BCUT2D eigenvalue weighted by Crippen LogP contribution is -2.45. The van der Waals surface area contributed by atoms with Crippen LogP contribution in [0.3, 0.4) is 0 Å². The molecule has 3 aromatic heterocycles. The summed E-state index contributed by atoms with van der Waals surface area (Å²) in [5, 5.41) is 6.11. The van der Waals surface area contributed by atoms with Crippen molar-refractivity contribution in [3.63, 3.8) is 0 Å². The first kappa shape index (κ1) is 26.2. The van der Waals surface area contributed by atoms with Gasteiger partial charge in [-0.3, -0.25) is 9.59 Å². The molecule has 0 unspecified atom stereocenters. The lowest BCUT2D eigenvalue weighted by atomic mass is 9.95. The summed E-state index contributed by atoms with van der Waals surface area (Å²) in [6, 6.07) is 11.2. The van der Waals surface area contributed by atoms with Gasteiger partial charge in [0.05, 0.1) is 22.9 Å². The van der Waals surface area contributed by atoms with Crippen LogP contribution in [-0.2, 0) is 11.2 Å². The lowest BCUT2D eigenvalue weighted by Gasteiger charge is -2.25. The van der Waals surface area contributed by atoms with Crippen molar-refractivity contribution in [3.8, 4) is 11.4 Å². The molecule has 5 aromatic rings. The van der Waals surface area contributed by atoms with E-state index in [-0.39, 0.29) is 6.42 Å². The molecule has 1 saturated carbocycles. The van der Waals surface area contributed by atoms with Gasteiger partial charge in [-0.1, -0.05) is 19.3 Å². The summed E-state index contributed by atoms with van der Waals surface area (Å²) < 4.78 is 7.61. The van der Waals surface area contributed by atoms with Gasteiger partial charge in [-0.05, 0) is 60.9 Å². The predicted octanol–water partition coefficient (Wildman–Crippen LogP) is 4.60. The number of carbonyl (C=O) groups excluding carboxylic acids is 3. The topological polar surface area (TPSA) is 174 Å². The smallest absolute Gasteiger partial charge is 0.316 e. The number of aromatic nitrogens is 3. The number of carbonyl (C=O) groups is 3. The molecular weight excluding hydrogens is 522 g/mol. The van der Waals surface area contributed by atoms with Crippen LogP contribution in [0.25, 0.3) is 33.3 Å². The third kappa shape index (κ3) is 5.25. The first-order valence-electron chi connectivity index (χ1n) is 13.7. The standard InChI is InChI=1S/C30H31N7O4/c31-27(38)25(13-19-15-33-23-8-7-20(14-22(19)23)34-30(32)40)36-29(39)17-6-9-26-24(12-17)35-28(18-10-11-41-16-18)37(26)21-4-2-1-3-5-21/h6-12,14-16,21,25,33H,1-5,13H2,(H2,31,38)(H,36,39)(H3,32,34,40)/t25-/m0/s1. The van der Waals surface area contributed by atoms with Crippen molar-refractivity contribution < 1.29 is 18.8 Å². The van der Waals surface area contributed by atoms with Crippen LogP contribution >= 0.6 is 0 Å². The summed E-state index contributed by atoms with van der Waals surface area (Å²) in [6.07, 6.45) is 11.0. The van der Waals surface area contributed by atoms with Crippen molar-refractivity contribution in [2.24, 2.45) is 11.5 Å². The molecule has 41 heavy (non-hydrogen) atoms. The van der Waals surface area contributed by atoms with E-state index in [4.69, 9.17) is 20.9 Å². The van der Waals surface area contributed by atoms with Crippen LogP contribution in [0, 0.1) is 0 Å². The number of amides is 4. The van der Waals surface area contributed by atoms with Crippen molar-refractivity contribution in [2.75, 3.05) is 5.32 Å². The number of hydrogen-bond acceptors (Lipinski definition) is 5. The monoisotopic (exact) mass is 553 g/mol. The van der Waals surface area contributed by atoms with Gasteiger partial charge in [0.2, 0.25) is 5.91 Å². The number of nitrogens with two attached hydrogens (primary N) is 2. The molecule has 11 heteroatoms. The number of primary amides is 2. The van der Waals surface area contributed by atoms with Crippen molar-refractivity contribution in [2.45, 2.75) is 50.6 Å². The van der Waals surface area contributed by atoms with Crippen LogP contribution in [0.4, 0.5) is 10.5 Å². The second kappa shape index (κ2) is 10.8. The molecule has 1 aliphatic carbocycles. The van der Waals surface area contributed by atoms with E-state index < -0.39 is 23.9 Å². The Kier molecular flexibility index (Phi) is 6.92. The minimum absolute atomic E-state index is 0.157. The summed E-state index contributed by atoms with van der Waals surface area (Å²) in [7, 11) is 0. The predicted molar refractivity (Wildman–Crippen MR) is 155 cm³/mol. The normalized spacial score (nSPS) is 14.7. The van der Waals surface area contributed by atoms with E-state index in [0.29, 0.717) is 22.8 Å². The van der Waals surface area contributed by atoms with E-state index in [2.05, 4.69) is 20.2 Å². The molecule has 0 bridgehead atoms. The number of anilines is 1. The molecule has 0 saturated heterocycles. The van der Waals surface area contributed by atoms with Gasteiger partial charge >= 0.3 is 6.03 Å². The first-order valence-corrected chi connectivity index (χ1v) is 13.7. The van der Waals surface area contributed by atoms with Crippen molar-refractivity contribution >= 4 is 45.5 Å². The molecule has 1 atom stereocenters. The van der Waals surface area contributed by atoms with Gasteiger partial charge in [0.25, 0.3) is 5.91 Å². The van der Waals surface area contributed by atoms with Gasteiger partial charge in [0, 0.05) is 40.8 Å². The van der Waals surface area contributed by atoms with Gasteiger partial charge in [-0.25, -0.2) is 9.78 Å². The van der Waals surface area contributed by atoms with Crippen LogP contribution in [-0.4, -0.2) is 38.4 Å². The number of nitrogens with zero attached hydrogens (tertiary/aromatic N) is 2. The highest BCUT2D eigenvalue weighted by molar-refractivity contribution is 6.00. The Balaban J connectivity index is 1.27. The zero-order valence-electron chi connectivity index (χ0n) is 22.4. The van der Waals surface area contributed by atoms with Crippen LogP contribution in [0.15, 0.2) is 65.6 Å². The maximum Gasteiger partial charge on any atom is 0.316 e. The SMILES string of the molecule is NC(=O)Nc1ccc2[nH]cc(C[C@H](NC(=O)c3ccc4c(c3)nc(-c3ccoc3)n4C3CCCCC3)C(N)=O)c2c1. The fourth-order valence-corrected chi connectivity index (χ4v) is 5.80. The number of fused-ring (bicyclic) bond motifs is 2. The number of imidazole rings is 1. The van der Waals surface area contributed by atoms with E-state index in [1.807, 2.05) is 12.1 Å². The maximum absolute atomic E-state index is 13.4. The van der Waals surface area contributed by atoms with Gasteiger partial charge in [-0.15, -0.1) is 0 Å². The summed E-state index contributed by atoms with van der Waals surface area (Å²) >= 11 is 0. The van der Waals surface area contributed by atoms with Crippen LogP contribution in [0.2, 0.25) is 0 Å². The molecule has 7 N–H and O–H groups in total. The average Bonchev–Trinajstić information content (AvgIpc) is 3.71. The van der Waals surface area contributed by atoms with Gasteiger partial charge in [0.1, 0.15) is 18.1 Å². The summed E-state index contributed by atoms with van der Waals surface area (Å²) in [6.45, 7) is 0. The second-order valence-electron chi connectivity index (χ2n) is 10.5. The van der Waals surface area contributed by atoms with Gasteiger partial charge in [0.15, 0.2) is 0 Å². The number of benzene rings is 2. The Morgan fingerprint density at radius 2 is 1.90 bits per heavy atom. The zero-order valence-corrected chi connectivity index (χ0v) is 22.4. The number of H-pyrrole nitrogens is 1. The van der Waals surface area contributed by atoms with Gasteiger partial charge < -0.3 is 36.1 Å². The van der Waals surface area contributed by atoms with E-state index in [1.54, 1.807) is 49.1 Å². The number of rotatable bonds is 8.